The summed E-state index contributed by atoms with van der Waals surface area (Å²) in [6, 6.07) is 1.53. The fourth-order valence-corrected chi connectivity index (χ4v) is 5.43. The standard InChI is InChI=1S/C12H20N2O3S2/c1-8-10(3)18-5-4-14(8)19(15,16)12-6-11(7-13)17-9(12)2/h6,8,10H,4-5,7,13H2,1-3H3. The molecule has 0 amide bonds. The van der Waals surface area contributed by atoms with Gasteiger partial charge in [-0.3, -0.25) is 0 Å². The summed E-state index contributed by atoms with van der Waals surface area (Å²) in [7, 11) is -3.49. The minimum Gasteiger partial charge on any atom is -0.464 e. The fraction of sp³-hybridized carbons (Fsp3) is 0.667. The van der Waals surface area contributed by atoms with E-state index in [0.717, 1.165) is 5.75 Å². The van der Waals surface area contributed by atoms with Crippen molar-refractivity contribution in [1.82, 2.24) is 4.31 Å². The molecule has 2 N–H and O–H groups in total. The van der Waals surface area contributed by atoms with E-state index in [1.165, 1.54) is 0 Å². The molecule has 7 heteroatoms. The molecule has 1 aromatic heterocycles. The number of thioether (sulfide) groups is 1. The number of sulfonamides is 1. The summed E-state index contributed by atoms with van der Waals surface area (Å²) in [6.45, 7) is 6.43. The highest BCUT2D eigenvalue weighted by atomic mass is 32.2. The van der Waals surface area contributed by atoms with E-state index in [2.05, 4.69) is 6.92 Å². The van der Waals surface area contributed by atoms with Crippen LogP contribution in [0.15, 0.2) is 15.4 Å². The molecule has 0 spiro atoms. The molecule has 1 aliphatic heterocycles. The Morgan fingerprint density at radius 2 is 2.21 bits per heavy atom. The Kier molecular flexibility index (Phi) is 4.29. The highest BCUT2D eigenvalue weighted by molar-refractivity contribution is 8.00. The zero-order chi connectivity index (χ0) is 14.2. The summed E-state index contributed by atoms with van der Waals surface area (Å²) in [4.78, 5) is 0.249. The molecule has 0 saturated carbocycles. The monoisotopic (exact) mass is 304 g/mol. The Bertz CT molecular complexity index is 553. The van der Waals surface area contributed by atoms with Crippen LogP contribution in [-0.4, -0.2) is 36.3 Å². The molecule has 0 aliphatic carbocycles. The molecule has 1 saturated heterocycles. The Labute approximate surface area is 118 Å². The van der Waals surface area contributed by atoms with Gasteiger partial charge in [0, 0.05) is 29.7 Å². The minimum absolute atomic E-state index is 0.0145. The van der Waals surface area contributed by atoms with E-state index in [0.29, 0.717) is 23.3 Å². The van der Waals surface area contributed by atoms with Crippen LogP contribution in [0.3, 0.4) is 0 Å². The lowest BCUT2D eigenvalue weighted by Gasteiger charge is -2.36. The van der Waals surface area contributed by atoms with Crippen molar-refractivity contribution in [3.05, 3.63) is 17.6 Å². The van der Waals surface area contributed by atoms with Crippen LogP contribution in [0, 0.1) is 6.92 Å². The van der Waals surface area contributed by atoms with E-state index in [1.807, 2.05) is 6.92 Å². The molecule has 2 rings (SSSR count). The van der Waals surface area contributed by atoms with Crippen LogP contribution in [0.2, 0.25) is 0 Å². The Morgan fingerprint density at radius 3 is 2.79 bits per heavy atom. The van der Waals surface area contributed by atoms with E-state index < -0.39 is 10.0 Å². The summed E-state index contributed by atoms with van der Waals surface area (Å²) in [5, 5.41) is 0.296. The van der Waals surface area contributed by atoms with Crippen LogP contribution in [0.5, 0.6) is 0 Å². The van der Waals surface area contributed by atoms with Crippen molar-refractivity contribution < 1.29 is 12.8 Å². The smallest absolute Gasteiger partial charge is 0.246 e. The van der Waals surface area contributed by atoms with E-state index in [-0.39, 0.29) is 17.5 Å². The first kappa shape index (κ1) is 14.9. The minimum atomic E-state index is -3.49. The van der Waals surface area contributed by atoms with Crippen LogP contribution in [0.1, 0.15) is 25.4 Å². The van der Waals surface area contributed by atoms with Gasteiger partial charge in [0.2, 0.25) is 10.0 Å². The molecule has 1 fully saturated rings. The highest BCUT2D eigenvalue weighted by Gasteiger charge is 2.36. The summed E-state index contributed by atoms with van der Waals surface area (Å²) in [5.41, 5.74) is 5.50. The predicted octanol–water partition coefficient (Wildman–Crippen LogP) is 1.56. The second-order valence-corrected chi connectivity index (χ2v) is 8.11. The number of nitrogens with two attached hydrogens (primary N) is 1. The van der Waals surface area contributed by atoms with Crippen molar-refractivity contribution in [3.8, 4) is 0 Å². The van der Waals surface area contributed by atoms with E-state index >= 15 is 0 Å². The van der Waals surface area contributed by atoms with Crippen molar-refractivity contribution in [2.75, 3.05) is 12.3 Å². The second kappa shape index (κ2) is 5.47. The number of rotatable bonds is 3. The lowest BCUT2D eigenvalue weighted by molar-refractivity contribution is 0.339. The van der Waals surface area contributed by atoms with Crippen molar-refractivity contribution in [3.63, 3.8) is 0 Å². The predicted molar refractivity (Wildman–Crippen MR) is 76.6 cm³/mol. The molecular weight excluding hydrogens is 284 g/mol. The summed E-state index contributed by atoms with van der Waals surface area (Å²) >= 11 is 1.81. The largest absolute Gasteiger partial charge is 0.464 e. The van der Waals surface area contributed by atoms with Crippen LogP contribution in [-0.2, 0) is 16.6 Å². The third-order valence-corrected chi connectivity index (χ3v) is 6.97. The Morgan fingerprint density at radius 1 is 1.53 bits per heavy atom. The van der Waals surface area contributed by atoms with Crippen molar-refractivity contribution in [2.24, 2.45) is 5.73 Å². The second-order valence-electron chi connectivity index (χ2n) is 4.77. The Balaban J connectivity index is 2.38. The van der Waals surface area contributed by atoms with Gasteiger partial charge in [-0.2, -0.15) is 16.1 Å². The third kappa shape index (κ3) is 2.69. The molecule has 2 unspecified atom stereocenters. The summed E-state index contributed by atoms with van der Waals surface area (Å²) in [6.07, 6.45) is 0. The quantitative estimate of drug-likeness (QED) is 0.917. The lowest BCUT2D eigenvalue weighted by Crippen LogP contribution is -2.47. The van der Waals surface area contributed by atoms with Crippen molar-refractivity contribution >= 4 is 21.8 Å². The van der Waals surface area contributed by atoms with Gasteiger partial charge in [0.05, 0.1) is 6.54 Å². The van der Waals surface area contributed by atoms with E-state index in [4.69, 9.17) is 10.2 Å². The number of aryl methyl sites for hydroxylation is 1. The third-order valence-electron chi connectivity index (χ3n) is 3.54. The van der Waals surface area contributed by atoms with E-state index in [9.17, 15) is 8.42 Å². The number of hydrogen-bond donors (Lipinski definition) is 1. The molecule has 5 nitrogen and oxygen atoms in total. The molecular formula is C12H20N2O3S2. The maximum absolute atomic E-state index is 12.7. The first-order valence-electron chi connectivity index (χ1n) is 6.30. The summed E-state index contributed by atoms with van der Waals surface area (Å²) in [5.74, 6) is 1.74. The summed E-state index contributed by atoms with van der Waals surface area (Å²) < 4.78 is 32.4. The molecule has 2 heterocycles. The van der Waals surface area contributed by atoms with Gasteiger partial charge in [0.25, 0.3) is 0 Å². The van der Waals surface area contributed by atoms with Gasteiger partial charge < -0.3 is 10.2 Å². The van der Waals surface area contributed by atoms with Gasteiger partial charge >= 0.3 is 0 Å². The molecule has 108 valence electrons. The van der Waals surface area contributed by atoms with Gasteiger partial charge in [0.15, 0.2) is 0 Å². The van der Waals surface area contributed by atoms with Crippen LogP contribution >= 0.6 is 11.8 Å². The number of hydrogen-bond acceptors (Lipinski definition) is 5. The number of nitrogens with zero attached hydrogens (tertiary/aromatic N) is 1. The van der Waals surface area contributed by atoms with Crippen LogP contribution < -0.4 is 5.73 Å². The maximum Gasteiger partial charge on any atom is 0.246 e. The average molecular weight is 304 g/mol. The first-order chi connectivity index (χ1) is 8.87. The molecule has 0 bridgehead atoms. The van der Waals surface area contributed by atoms with Gasteiger partial charge in [-0.15, -0.1) is 0 Å². The molecule has 1 aliphatic rings. The maximum atomic E-state index is 12.7. The van der Waals surface area contributed by atoms with Gasteiger partial charge in [-0.1, -0.05) is 6.92 Å². The van der Waals surface area contributed by atoms with Gasteiger partial charge in [-0.25, -0.2) is 8.42 Å². The van der Waals surface area contributed by atoms with Crippen LogP contribution in [0.25, 0.3) is 0 Å². The van der Waals surface area contributed by atoms with Crippen molar-refractivity contribution in [2.45, 2.75) is 43.5 Å². The molecule has 2 atom stereocenters. The first-order valence-corrected chi connectivity index (χ1v) is 8.79. The normalized spacial score (nSPS) is 25.7. The van der Waals surface area contributed by atoms with Crippen molar-refractivity contribution in [1.29, 1.82) is 0 Å². The van der Waals surface area contributed by atoms with Gasteiger partial charge in [-0.05, 0) is 13.8 Å². The topological polar surface area (TPSA) is 76.5 Å². The zero-order valence-electron chi connectivity index (χ0n) is 11.4. The number of furan rings is 1. The Hall–Kier alpha value is -0.500. The van der Waals surface area contributed by atoms with Crippen LogP contribution in [0.4, 0.5) is 0 Å². The molecule has 0 aromatic carbocycles. The zero-order valence-corrected chi connectivity index (χ0v) is 13.1. The molecule has 0 radical (unpaired) electrons. The molecule has 19 heavy (non-hydrogen) atoms. The van der Waals surface area contributed by atoms with Gasteiger partial charge in [0.1, 0.15) is 16.4 Å². The average Bonchev–Trinajstić information content (AvgIpc) is 2.74. The lowest BCUT2D eigenvalue weighted by atomic mass is 10.2. The fourth-order valence-electron chi connectivity index (χ4n) is 2.25. The highest BCUT2D eigenvalue weighted by Crippen LogP contribution is 2.31. The van der Waals surface area contributed by atoms with E-state index in [1.54, 1.807) is 29.1 Å². The SMILES string of the molecule is Cc1oc(CN)cc1S(=O)(=O)N1CCSC(C)C1C. The molecule has 1 aromatic rings.